The molecular weight excluding hydrogens is 350 g/mol. The zero-order valence-corrected chi connectivity index (χ0v) is 16.3. The summed E-state index contributed by atoms with van der Waals surface area (Å²) in [5.74, 6) is 0.823. The number of methoxy groups -OCH3 is 1. The first-order valence-corrected chi connectivity index (χ1v) is 9.36. The van der Waals surface area contributed by atoms with Gasteiger partial charge in [0.25, 0.3) is 0 Å². The number of rotatable bonds is 5. The summed E-state index contributed by atoms with van der Waals surface area (Å²) in [5, 5.41) is 3.27. The van der Waals surface area contributed by atoms with Crippen LogP contribution in [0.2, 0.25) is 0 Å². The fraction of sp³-hybridized carbons (Fsp3) is 0.208. The Balaban J connectivity index is 1.64. The Hall–Kier alpha value is -3.27. The molecule has 0 bridgehead atoms. The van der Waals surface area contributed by atoms with Crippen molar-refractivity contribution in [3.05, 3.63) is 78.1 Å². The summed E-state index contributed by atoms with van der Waals surface area (Å²) >= 11 is 0. The van der Waals surface area contributed by atoms with Crippen molar-refractivity contribution in [3.8, 4) is 5.75 Å². The summed E-state index contributed by atoms with van der Waals surface area (Å²) in [6.07, 6.45) is 1.99. The first-order chi connectivity index (χ1) is 13.6. The molecule has 4 nitrogen and oxygen atoms in total. The average molecular weight is 373 g/mol. The van der Waals surface area contributed by atoms with Crippen molar-refractivity contribution in [1.82, 2.24) is 4.90 Å². The van der Waals surface area contributed by atoms with Crippen molar-refractivity contribution >= 4 is 27.6 Å². The minimum Gasteiger partial charge on any atom is -0.496 e. The van der Waals surface area contributed by atoms with Crippen LogP contribution in [0.5, 0.6) is 5.75 Å². The van der Waals surface area contributed by atoms with Gasteiger partial charge in [-0.2, -0.15) is 0 Å². The fourth-order valence-electron chi connectivity index (χ4n) is 3.73. The molecule has 0 fully saturated rings. The third-order valence-electron chi connectivity index (χ3n) is 5.45. The van der Waals surface area contributed by atoms with E-state index in [4.69, 9.17) is 9.15 Å². The molecule has 142 valence electrons. The molecular formula is C24H23NO3. The standard InChI is InChI=1S/C24H23NO3/c1-16(19-9-6-7-11-21(19)27-3)25(2)23(26)14-18-15-28-22-13-12-17-8-4-5-10-20(17)24(18)22/h4-13,15-16H,14H2,1-3H3. The van der Waals surface area contributed by atoms with E-state index in [0.29, 0.717) is 0 Å². The molecule has 3 aromatic carbocycles. The molecule has 4 aromatic rings. The topological polar surface area (TPSA) is 42.7 Å². The highest BCUT2D eigenvalue weighted by molar-refractivity contribution is 6.08. The van der Waals surface area contributed by atoms with Crippen molar-refractivity contribution in [2.75, 3.05) is 14.2 Å². The van der Waals surface area contributed by atoms with Gasteiger partial charge in [-0.05, 0) is 29.8 Å². The number of carbonyl (C=O) groups excluding carboxylic acids is 1. The normalized spacial score (nSPS) is 12.2. The van der Waals surface area contributed by atoms with Gasteiger partial charge in [-0.15, -0.1) is 0 Å². The van der Waals surface area contributed by atoms with E-state index in [1.54, 1.807) is 18.3 Å². The number of carbonyl (C=O) groups is 1. The predicted molar refractivity (Wildman–Crippen MR) is 112 cm³/mol. The van der Waals surface area contributed by atoms with Gasteiger partial charge in [0, 0.05) is 23.6 Å². The molecule has 0 spiro atoms. The van der Waals surface area contributed by atoms with Crippen LogP contribution in [0.1, 0.15) is 24.1 Å². The van der Waals surface area contributed by atoms with Crippen LogP contribution in [0.15, 0.2) is 71.3 Å². The maximum atomic E-state index is 13.0. The van der Waals surface area contributed by atoms with Gasteiger partial charge in [-0.25, -0.2) is 0 Å². The van der Waals surface area contributed by atoms with Gasteiger partial charge in [-0.3, -0.25) is 4.79 Å². The van der Waals surface area contributed by atoms with E-state index in [-0.39, 0.29) is 18.4 Å². The highest BCUT2D eigenvalue weighted by atomic mass is 16.5. The van der Waals surface area contributed by atoms with Gasteiger partial charge < -0.3 is 14.1 Å². The predicted octanol–water partition coefficient (Wildman–Crippen LogP) is 5.36. The number of amides is 1. The maximum absolute atomic E-state index is 13.0. The Labute approximate surface area is 164 Å². The maximum Gasteiger partial charge on any atom is 0.227 e. The Morgan fingerprint density at radius 2 is 1.82 bits per heavy atom. The van der Waals surface area contributed by atoms with Gasteiger partial charge in [0.2, 0.25) is 5.91 Å². The van der Waals surface area contributed by atoms with E-state index in [9.17, 15) is 4.79 Å². The van der Waals surface area contributed by atoms with Gasteiger partial charge in [0.15, 0.2) is 0 Å². The fourth-order valence-corrected chi connectivity index (χ4v) is 3.73. The van der Waals surface area contributed by atoms with Crippen molar-refractivity contribution < 1.29 is 13.9 Å². The third-order valence-corrected chi connectivity index (χ3v) is 5.45. The van der Waals surface area contributed by atoms with E-state index >= 15 is 0 Å². The van der Waals surface area contributed by atoms with Gasteiger partial charge in [-0.1, -0.05) is 48.5 Å². The molecule has 0 aliphatic carbocycles. The van der Waals surface area contributed by atoms with Crippen LogP contribution in [-0.2, 0) is 11.2 Å². The van der Waals surface area contributed by atoms with E-state index in [1.165, 1.54) is 0 Å². The van der Waals surface area contributed by atoms with Gasteiger partial charge >= 0.3 is 0 Å². The largest absolute Gasteiger partial charge is 0.496 e. The number of para-hydroxylation sites is 1. The van der Waals surface area contributed by atoms with Gasteiger partial charge in [0.05, 0.1) is 25.8 Å². The molecule has 1 heterocycles. The van der Waals surface area contributed by atoms with Crippen LogP contribution < -0.4 is 4.74 Å². The second-order valence-corrected chi connectivity index (χ2v) is 7.02. The molecule has 4 heteroatoms. The zero-order chi connectivity index (χ0) is 19.7. The molecule has 0 N–H and O–H groups in total. The highest BCUT2D eigenvalue weighted by Gasteiger charge is 2.22. The number of hydrogen-bond donors (Lipinski definition) is 0. The van der Waals surface area contributed by atoms with Crippen molar-refractivity contribution in [2.45, 2.75) is 19.4 Å². The van der Waals surface area contributed by atoms with E-state index in [0.717, 1.165) is 38.6 Å². The summed E-state index contributed by atoms with van der Waals surface area (Å²) in [7, 11) is 3.48. The monoisotopic (exact) mass is 373 g/mol. The number of nitrogens with zero attached hydrogens (tertiary/aromatic N) is 1. The minimum atomic E-state index is -0.0986. The lowest BCUT2D eigenvalue weighted by molar-refractivity contribution is -0.131. The third kappa shape index (κ3) is 3.11. The average Bonchev–Trinajstić information content (AvgIpc) is 3.15. The molecule has 0 saturated carbocycles. The molecule has 4 rings (SSSR count). The summed E-state index contributed by atoms with van der Waals surface area (Å²) in [4.78, 5) is 14.8. The first-order valence-electron chi connectivity index (χ1n) is 9.36. The van der Waals surface area contributed by atoms with Crippen LogP contribution in [0.3, 0.4) is 0 Å². The summed E-state index contributed by atoms with van der Waals surface area (Å²) in [6.45, 7) is 2.01. The van der Waals surface area contributed by atoms with Gasteiger partial charge in [0.1, 0.15) is 11.3 Å². The Kier molecular flexibility index (Phi) is 4.78. The van der Waals surface area contributed by atoms with Crippen LogP contribution >= 0.6 is 0 Å². The molecule has 1 amide bonds. The summed E-state index contributed by atoms with van der Waals surface area (Å²) in [5.41, 5.74) is 2.71. The number of furan rings is 1. The zero-order valence-electron chi connectivity index (χ0n) is 16.3. The van der Waals surface area contributed by atoms with Crippen molar-refractivity contribution in [2.24, 2.45) is 0 Å². The smallest absolute Gasteiger partial charge is 0.227 e. The van der Waals surface area contributed by atoms with E-state index < -0.39 is 0 Å². The van der Waals surface area contributed by atoms with Crippen LogP contribution in [0, 0.1) is 0 Å². The quantitative estimate of drug-likeness (QED) is 0.473. The van der Waals surface area contributed by atoms with Crippen molar-refractivity contribution in [3.63, 3.8) is 0 Å². The molecule has 28 heavy (non-hydrogen) atoms. The first kappa shape index (κ1) is 18.1. The summed E-state index contributed by atoms with van der Waals surface area (Å²) in [6, 6.07) is 19.9. The number of fused-ring (bicyclic) bond motifs is 3. The molecule has 1 atom stereocenters. The highest BCUT2D eigenvalue weighted by Crippen LogP contribution is 2.32. The Bertz CT molecular complexity index is 1140. The lowest BCUT2D eigenvalue weighted by Crippen LogP contribution is -2.31. The Morgan fingerprint density at radius 3 is 2.64 bits per heavy atom. The van der Waals surface area contributed by atoms with E-state index in [1.807, 2.05) is 62.5 Å². The van der Waals surface area contributed by atoms with Crippen molar-refractivity contribution in [1.29, 1.82) is 0 Å². The number of benzene rings is 3. The Morgan fingerprint density at radius 1 is 1.07 bits per heavy atom. The van der Waals surface area contributed by atoms with Crippen LogP contribution in [-0.4, -0.2) is 25.0 Å². The molecule has 0 radical (unpaired) electrons. The molecule has 0 aliphatic rings. The SMILES string of the molecule is COc1ccccc1C(C)N(C)C(=O)Cc1coc2ccc3ccccc3c12. The number of ether oxygens (including phenoxy) is 1. The number of likely N-dealkylation sites (N-methyl/N-ethyl adjacent to an activating group) is 1. The molecule has 0 aliphatic heterocycles. The molecule has 1 unspecified atom stereocenters. The van der Waals surface area contributed by atoms with E-state index in [2.05, 4.69) is 12.1 Å². The number of hydrogen-bond acceptors (Lipinski definition) is 3. The molecule has 0 saturated heterocycles. The van der Waals surface area contributed by atoms with Crippen LogP contribution in [0.4, 0.5) is 0 Å². The lowest BCUT2D eigenvalue weighted by Gasteiger charge is -2.26. The second kappa shape index (κ2) is 7.39. The van der Waals surface area contributed by atoms with Crippen LogP contribution in [0.25, 0.3) is 21.7 Å². The minimum absolute atomic E-state index is 0.0361. The molecule has 1 aromatic heterocycles. The second-order valence-electron chi connectivity index (χ2n) is 7.02. The lowest BCUT2D eigenvalue weighted by atomic mass is 10.0. The summed E-state index contributed by atoms with van der Waals surface area (Å²) < 4.78 is 11.2.